The van der Waals surface area contributed by atoms with Crippen molar-refractivity contribution in [3.8, 4) is 11.5 Å². The lowest BCUT2D eigenvalue weighted by atomic mass is 9.93. The summed E-state index contributed by atoms with van der Waals surface area (Å²) in [7, 11) is 4.34. The van der Waals surface area contributed by atoms with Crippen LogP contribution in [0.4, 0.5) is 4.79 Å². The Hall–Kier alpha value is -2.22. The van der Waals surface area contributed by atoms with E-state index in [1.807, 2.05) is 6.92 Å². The molecule has 0 fully saturated rings. The number of urea groups is 1. The highest BCUT2D eigenvalue weighted by Gasteiger charge is 2.35. The molecule has 136 valence electrons. The number of benzene rings is 1. The fourth-order valence-electron chi connectivity index (χ4n) is 2.82. The Morgan fingerprint density at radius 2 is 1.96 bits per heavy atom. The number of carbonyl (C=O) groups is 2. The van der Waals surface area contributed by atoms with Crippen LogP contribution in [0.3, 0.4) is 0 Å². The van der Waals surface area contributed by atoms with Crippen LogP contribution in [0.25, 0.3) is 0 Å². The van der Waals surface area contributed by atoms with Gasteiger partial charge in [-0.3, -0.25) is 0 Å². The Labute approximate surface area is 154 Å². The molecule has 1 atom stereocenters. The molecule has 1 aromatic rings. The van der Waals surface area contributed by atoms with Crippen LogP contribution in [-0.4, -0.2) is 33.3 Å². The van der Waals surface area contributed by atoms with Crippen LogP contribution >= 0.6 is 15.9 Å². The number of carbonyl (C=O) groups excluding carboxylic acids is 2. The molecule has 2 amide bonds. The number of amides is 2. The van der Waals surface area contributed by atoms with Gasteiger partial charge in [-0.2, -0.15) is 0 Å². The lowest BCUT2D eigenvalue weighted by Crippen LogP contribution is -2.46. The molecule has 1 aliphatic heterocycles. The molecule has 2 rings (SSSR count). The standard InChI is InChI=1S/C17H21BrN2O5/c1-5-6-11-13(16(21)25-4)14(20-17(22)19-11)10-7-9(18)8-12(23-2)15(10)24-3/h7-8,14H,5-6H2,1-4H3,(H2,19,20,22). The lowest BCUT2D eigenvalue weighted by molar-refractivity contribution is -0.136. The van der Waals surface area contributed by atoms with Gasteiger partial charge in [0.25, 0.3) is 0 Å². The van der Waals surface area contributed by atoms with Crippen LogP contribution in [0.5, 0.6) is 11.5 Å². The number of esters is 1. The summed E-state index contributed by atoms with van der Waals surface area (Å²) in [5.74, 6) is 0.415. The molecule has 1 aromatic carbocycles. The summed E-state index contributed by atoms with van der Waals surface area (Å²) < 4.78 is 16.5. The number of ether oxygens (including phenoxy) is 3. The summed E-state index contributed by atoms with van der Waals surface area (Å²) in [6, 6.07) is 2.43. The number of allylic oxidation sites excluding steroid dienone is 1. The molecule has 0 bridgehead atoms. The SMILES string of the molecule is CCCC1=C(C(=O)OC)C(c2cc(Br)cc(OC)c2OC)NC(=O)N1. The largest absolute Gasteiger partial charge is 0.493 e. The normalized spacial score (nSPS) is 16.8. The number of hydrogen-bond donors (Lipinski definition) is 2. The summed E-state index contributed by atoms with van der Waals surface area (Å²) >= 11 is 3.42. The summed E-state index contributed by atoms with van der Waals surface area (Å²) in [5, 5.41) is 5.48. The van der Waals surface area contributed by atoms with Gasteiger partial charge < -0.3 is 24.8 Å². The molecule has 1 aliphatic rings. The van der Waals surface area contributed by atoms with Gasteiger partial charge in [0.1, 0.15) is 0 Å². The molecule has 1 unspecified atom stereocenters. The average molecular weight is 413 g/mol. The maximum Gasteiger partial charge on any atom is 0.337 e. The summed E-state index contributed by atoms with van der Waals surface area (Å²) in [5.41, 5.74) is 1.49. The van der Waals surface area contributed by atoms with Crippen LogP contribution in [0.15, 0.2) is 27.9 Å². The van der Waals surface area contributed by atoms with E-state index in [4.69, 9.17) is 14.2 Å². The van der Waals surface area contributed by atoms with Crippen molar-refractivity contribution in [1.82, 2.24) is 10.6 Å². The minimum absolute atomic E-state index is 0.349. The number of hydrogen-bond acceptors (Lipinski definition) is 5. The Balaban J connectivity index is 2.69. The fraction of sp³-hybridized carbons (Fsp3) is 0.412. The number of rotatable bonds is 6. The van der Waals surface area contributed by atoms with Gasteiger partial charge in [-0.15, -0.1) is 0 Å². The van der Waals surface area contributed by atoms with Crippen molar-refractivity contribution < 1.29 is 23.8 Å². The van der Waals surface area contributed by atoms with Crippen LogP contribution in [0.2, 0.25) is 0 Å². The van der Waals surface area contributed by atoms with Gasteiger partial charge in [-0.25, -0.2) is 9.59 Å². The van der Waals surface area contributed by atoms with E-state index in [2.05, 4.69) is 26.6 Å². The monoisotopic (exact) mass is 412 g/mol. The van der Waals surface area contributed by atoms with Crippen molar-refractivity contribution in [1.29, 1.82) is 0 Å². The van der Waals surface area contributed by atoms with E-state index in [0.29, 0.717) is 34.8 Å². The first-order valence-electron chi connectivity index (χ1n) is 7.77. The van der Waals surface area contributed by atoms with Gasteiger partial charge in [0, 0.05) is 15.7 Å². The van der Waals surface area contributed by atoms with E-state index in [1.165, 1.54) is 21.3 Å². The zero-order valence-electron chi connectivity index (χ0n) is 14.6. The van der Waals surface area contributed by atoms with Gasteiger partial charge in [0.15, 0.2) is 11.5 Å². The van der Waals surface area contributed by atoms with Crippen LogP contribution < -0.4 is 20.1 Å². The van der Waals surface area contributed by atoms with Crippen molar-refractivity contribution >= 4 is 27.9 Å². The molecule has 1 heterocycles. The third-order valence-corrected chi connectivity index (χ3v) is 4.30. The zero-order chi connectivity index (χ0) is 18.6. The smallest absolute Gasteiger partial charge is 0.337 e. The maximum absolute atomic E-state index is 12.4. The Kier molecular flexibility index (Phi) is 6.30. The van der Waals surface area contributed by atoms with Crippen LogP contribution in [0, 0.1) is 0 Å². The number of methoxy groups -OCH3 is 3. The minimum atomic E-state index is -0.718. The van der Waals surface area contributed by atoms with E-state index in [1.54, 1.807) is 12.1 Å². The van der Waals surface area contributed by atoms with Gasteiger partial charge >= 0.3 is 12.0 Å². The first kappa shape index (κ1) is 19.1. The molecule has 0 aliphatic carbocycles. The second-order valence-electron chi connectivity index (χ2n) is 5.40. The average Bonchev–Trinajstić information content (AvgIpc) is 2.60. The van der Waals surface area contributed by atoms with Gasteiger partial charge in [0.05, 0.1) is 32.9 Å². The molecule has 25 heavy (non-hydrogen) atoms. The third kappa shape index (κ3) is 3.89. The van der Waals surface area contributed by atoms with Crippen molar-refractivity contribution in [2.75, 3.05) is 21.3 Å². The Morgan fingerprint density at radius 1 is 1.24 bits per heavy atom. The van der Waals surface area contributed by atoms with E-state index < -0.39 is 12.0 Å². The van der Waals surface area contributed by atoms with E-state index in [-0.39, 0.29) is 6.03 Å². The Bertz CT molecular complexity index is 717. The van der Waals surface area contributed by atoms with Gasteiger partial charge in [-0.1, -0.05) is 29.3 Å². The lowest BCUT2D eigenvalue weighted by Gasteiger charge is -2.30. The quantitative estimate of drug-likeness (QED) is 0.701. The third-order valence-electron chi connectivity index (χ3n) is 3.84. The summed E-state index contributed by atoms with van der Waals surface area (Å²) in [6.07, 6.45) is 1.31. The highest BCUT2D eigenvalue weighted by Crippen LogP contribution is 2.41. The van der Waals surface area contributed by atoms with Crippen LogP contribution in [-0.2, 0) is 9.53 Å². The number of halogens is 1. The predicted octanol–water partition coefficient (Wildman–Crippen LogP) is 3.05. The molecule has 2 N–H and O–H groups in total. The van der Waals surface area contributed by atoms with Crippen molar-refractivity contribution in [3.05, 3.63) is 33.4 Å². The second kappa shape index (κ2) is 8.24. The molecular formula is C17H21BrN2O5. The molecule has 0 saturated heterocycles. The molecular weight excluding hydrogens is 392 g/mol. The summed E-state index contributed by atoms with van der Waals surface area (Å²) in [4.78, 5) is 24.6. The molecule has 7 nitrogen and oxygen atoms in total. The summed E-state index contributed by atoms with van der Waals surface area (Å²) in [6.45, 7) is 1.97. The number of nitrogens with one attached hydrogen (secondary N) is 2. The van der Waals surface area contributed by atoms with Gasteiger partial charge in [0.2, 0.25) is 0 Å². The minimum Gasteiger partial charge on any atom is -0.493 e. The first-order chi connectivity index (χ1) is 12.0. The molecule has 0 spiro atoms. The maximum atomic E-state index is 12.4. The highest BCUT2D eigenvalue weighted by molar-refractivity contribution is 9.10. The first-order valence-corrected chi connectivity index (χ1v) is 8.56. The molecule has 8 heteroatoms. The fourth-order valence-corrected chi connectivity index (χ4v) is 3.28. The van der Waals surface area contributed by atoms with E-state index in [0.717, 1.165) is 10.9 Å². The van der Waals surface area contributed by atoms with Crippen molar-refractivity contribution in [2.45, 2.75) is 25.8 Å². The highest BCUT2D eigenvalue weighted by atomic mass is 79.9. The van der Waals surface area contributed by atoms with Crippen molar-refractivity contribution in [2.24, 2.45) is 0 Å². The molecule has 0 aromatic heterocycles. The van der Waals surface area contributed by atoms with Crippen molar-refractivity contribution in [3.63, 3.8) is 0 Å². The van der Waals surface area contributed by atoms with E-state index in [9.17, 15) is 9.59 Å². The predicted molar refractivity (Wildman–Crippen MR) is 95.6 cm³/mol. The Morgan fingerprint density at radius 3 is 2.52 bits per heavy atom. The second-order valence-corrected chi connectivity index (χ2v) is 6.31. The van der Waals surface area contributed by atoms with E-state index >= 15 is 0 Å². The topological polar surface area (TPSA) is 85.9 Å². The molecule has 0 saturated carbocycles. The van der Waals surface area contributed by atoms with Gasteiger partial charge in [-0.05, 0) is 18.6 Å². The van der Waals surface area contributed by atoms with Crippen LogP contribution in [0.1, 0.15) is 31.4 Å². The molecule has 0 radical (unpaired) electrons. The zero-order valence-corrected chi connectivity index (χ0v) is 16.2.